The molecular weight excluding hydrogens is 254 g/mol. The molecule has 0 bridgehead atoms. The normalized spacial score (nSPS) is 10.3. The topological polar surface area (TPSA) is 77.2 Å². The van der Waals surface area contributed by atoms with Crippen LogP contribution in [0, 0.1) is 0 Å². The number of hydrogen-bond donors (Lipinski definition) is 2. The zero-order chi connectivity index (χ0) is 14.5. The van der Waals surface area contributed by atoms with Crippen LogP contribution in [0.3, 0.4) is 0 Å². The first-order valence-electron chi connectivity index (χ1n) is 6.35. The lowest BCUT2D eigenvalue weighted by molar-refractivity contribution is 0.102. The molecule has 0 radical (unpaired) electrons. The molecular formula is C15H17N3O2. The van der Waals surface area contributed by atoms with Crippen molar-refractivity contribution in [1.82, 2.24) is 4.98 Å². The second-order valence-corrected chi connectivity index (χ2v) is 4.59. The first-order valence-corrected chi connectivity index (χ1v) is 6.35. The van der Waals surface area contributed by atoms with Gasteiger partial charge in [-0.15, -0.1) is 0 Å². The Hall–Kier alpha value is -2.56. The molecule has 20 heavy (non-hydrogen) atoms. The predicted molar refractivity (Wildman–Crippen MR) is 78.8 cm³/mol. The monoisotopic (exact) mass is 271 g/mol. The molecule has 0 aliphatic carbocycles. The zero-order valence-corrected chi connectivity index (χ0v) is 11.5. The predicted octanol–water partition coefficient (Wildman–Crippen LogP) is 2.70. The smallest absolute Gasteiger partial charge is 0.274 e. The van der Waals surface area contributed by atoms with Gasteiger partial charge in [-0.1, -0.05) is 12.1 Å². The van der Waals surface area contributed by atoms with E-state index in [1.807, 2.05) is 32.0 Å². The van der Waals surface area contributed by atoms with Crippen LogP contribution < -0.4 is 15.8 Å². The standard InChI is InChI=1S/C15H17N3O2/c1-10(2)20-14-6-4-3-5-12(14)18-15(19)13-8-7-11(16)9-17-13/h3-10H,16H2,1-2H3,(H,18,19). The third-order valence-electron chi connectivity index (χ3n) is 2.52. The quantitative estimate of drug-likeness (QED) is 0.896. The number of benzene rings is 1. The lowest BCUT2D eigenvalue weighted by atomic mass is 10.2. The van der Waals surface area contributed by atoms with Crippen molar-refractivity contribution in [3.05, 3.63) is 48.3 Å². The Morgan fingerprint density at radius 1 is 1.25 bits per heavy atom. The SMILES string of the molecule is CC(C)Oc1ccccc1NC(=O)c1ccc(N)cn1. The molecule has 0 spiro atoms. The Labute approximate surface area is 117 Å². The summed E-state index contributed by atoms with van der Waals surface area (Å²) in [6, 6.07) is 10.5. The van der Waals surface area contributed by atoms with Gasteiger partial charge in [0.15, 0.2) is 0 Å². The van der Waals surface area contributed by atoms with Crippen molar-refractivity contribution < 1.29 is 9.53 Å². The van der Waals surface area contributed by atoms with Crippen molar-refractivity contribution >= 4 is 17.3 Å². The molecule has 0 aliphatic heterocycles. The molecule has 0 aliphatic rings. The number of para-hydroxylation sites is 2. The number of anilines is 2. The average Bonchev–Trinajstić information content (AvgIpc) is 2.41. The maximum atomic E-state index is 12.1. The Morgan fingerprint density at radius 3 is 2.65 bits per heavy atom. The van der Waals surface area contributed by atoms with Crippen molar-refractivity contribution in [3.8, 4) is 5.75 Å². The van der Waals surface area contributed by atoms with E-state index in [0.717, 1.165) is 0 Å². The van der Waals surface area contributed by atoms with E-state index in [4.69, 9.17) is 10.5 Å². The van der Waals surface area contributed by atoms with Crippen LogP contribution in [0.4, 0.5) is 11.4 Å². The summed E-state index contributed by atoms with van der Waals surface area (Å²) in [5, 5.41) is 2.78. The minimum Gasteiger partial charge on any atom is -0.489 e. The minimum atomic E-state index is -0.301. The lowest BCUT2D eigenvalue weighted by Gasteiger charge is -2.14. The highest BCUT2D eigenvalue weighted by Gasteiger charge is 2.11. The largest absolute Gasteiger partial charge is 0.489 e. The van der Waals surface area contributed by atoms with E-state index in [1.54, 1.807) is 18.2 Å². The molecule has 5 heteroatoms. The Kier molecular flexibility index (Phi) is 4.20. The molecule has 0 saturated heterocycles. The van der Waals surface area contributed by atoms with E-state index >= 15 is 0 Å². The van der Waals surface area contributed by atoms with Crippen molar-refractivity contribution in [1.29, 1.82) is 0 Å². The van der Waals surface area contributed by atoms with Crippen LogP contribution >= 0.6 is 0 Å². The molecule has 0 fully saturated rings. The molecule has 5 nitrogen and oxygen atoms in total. The highest BCUT2D eigenvalue weighted by atomic mass is 16.5. The molecule has 1 heterocycles. The third-order valence-corrected chi connectivity index (χ3v) is 2.52. The highest BCUT2D eigenvalue weighted by Crippen LogP contribution is 2.25. The number of nitrogens with one attached hydrogen (secondary N) is 1. The van der Waals surface area contributed by atoms with E-state index in [9.17, 15) is 4.79 Å². The van der Waals surface area contributed by atoms with Crippen LogP contribution in [0.5, 0.6) is 5.75 Å². The van der Waals surface area contributed by atoms with Crippen LogP contribution in [0.25, 0.3) is 0 Å². The van der Waals surface area contributed by atoms with Crippen molar-refractivity contribution in [3.63, 3.8) is 0 Å². The Bertz CT molecular complexity index is 594. The number of pyridine rings is 1. The number of carbonyl (C=O) groups excluding carboxylic acids is 1. The number of nitrogens with zero attached hydrogens (tertiary/aromatic N) is 1. The number of nitrogen functional groups attached to an aromatic ring is 1. The van der Waals surface area contributed by atoms with E-state index in [1.165, 1.54) is 6.20 Å². The molecule has 1 aromatic heterocycles. The van der Waals surface area contributed by atoms with Crippen LogP contribution in [-0.4, -0.2) is 17.0 Å². The Balaban J connectivity index is 2.17. The third kappa shape index (κ3) is 3.47. The summed E-state index contributed by atoms with van der Waals surface area (Å²) in [6.07, 6.45) is 1.48. The molecule has 1 amide bonds. The molecule has 1 aromatic carbocycles. The van der Waals surface area contributed by atoms with E-state index in [2.05, 4.69) is 10.3 Å². The second kappa shape index (κ2) is 6.06. The minimum absolute atomic E-state index is 0.0303. The van der Waals surface area contributed by atoms with Gasteiger partial charge in [-0.3, -0.25) is 4.79 Å². The van der Waals surface area contributed by atoms with Gasteiger partial charge in [0.05, 0.1) is 23.7 Å². The molecule has 0 atom stereocenters. The highest BCUT2D eigenvalue weighted by molar-refractivity contribution is 6.03. The number of amides is 1. The molecule has 0 saturated carbocycles. The van der Waals surface area contributed by atoms with Crippen LogP contribution in [0.1, 0.15) is 24.3 Å². The van der Waals surface area contributed by atoms with Gasteiger partial charge >= 0.3 is 0 Å². The van der Waals surface area contributed by atoms with Crippen LogP contribution in [0.15, 0.2) is 42.6 Å². The van der Waals surface area contributed by atoms with E-state index in [0.29, 0.717) is 22.8 Å². The summed E-state index contributed by atoms with van der Waals surface area (Å²) < 4.78 is 5.65. The lowest BCUT2D eigenvalue weighted by Crippen LogP contribution is -2.15. The van der Waals surface area contributed by atoms with Gasteiger partial charge in [-0.2, -0.15) is 0 Å². The number of aromatic nitrogens is 1. The van der Waals surface area contributed by atoms with Gasteiger partial charge in [-0.25, -0.2) is 4.98 Å². The van der Waals surface area contributed by atoms with Crippen LogP contribution in [0.2, 0.25) is 0 Å². The Morgan fingerprint density at radius 2 is 2.00 bits per heavy atom. The summed E-state index contributed by atoms with van der Waals surface area (Å²) in [6.45, 7) is 3.86. The molecule has 104 valence electrons. The summed E-state index contributed by atoms with van der Waals surface area (Å²) >= 11 is 0. The molecule has 0 unspecified atom stereocenters. The zero-order valence-electron chi connectivity index (χ0n) is 11.5. The van der Waals surface area contributed by atoms with Gasteiger partial charge < -0.3 is 15.8 Å². The number of rotatable bonds is 4. The van der Waals surface area contributed by atoms with Crippen molar-refractivity contribution in [2.24, 2.45) is 0 Å². The van der Waals surface area contributed by atoms with Gasteiger partial charge in [0.1, 0.15) is 11.4 Å². The number of carbonyl (C=O) groups is 1. The van der Waals surface area contributed by atoms with Crippen molar-refractivity contribution in [2.75, 3.05) is 11.1 Å². The fourth-order valence-corrected chi connectivity index (χ4v) is 1.65. The van der Waals surface area contributed by atoms with Gasteiger partial charge in [0.25, 0.3) is 5.91 Å². The maximum Gasteiger partial charge on any atom is 0.274 e. The molecule has 3 N–H and O–H groups in total. The first kappa shape index (κ1) is 13.9. The van der Waals surface area contributed by atoms with Gasteiger partial charge in [-0.05, 0) is 38.1 Å². The fourth-order valence-electron chi connectivity index (χ4n) is 1.65. The molecule has 2 rings (SSSR count). The summed E-state index contributed by atoms with van der Waals surface area (Å²) in [5.41, 5.74) is 6.98. The van der Waals surface area contributed by atoms with E-state index in [-0.39, 0.29) is 12.0 Å². The summed E-state index contributed by atoms with van der Waals surface area (Å²) in [4.78, 5) is 16.1. The summed E-state index contributed by atoms with van der Waals surface area (Å²) in [5.74, 6) is 0.330. The van der Waals surface area contributed by atoms with Crippen LogP contribution in [-0.2, 0) is 0 Å². The average molecular weight is 271 g/mol. The maximum absolute atomic E-state index is 12.1. The second-order valence-electron chi connectivity index (χ2n) is 4.59. The number of hydrogen-bond acceptors (Lipinski definition) is 4. The summed E-state index contributed by atoms with van der Waals surface area (Å²) in [7, 11) is 0. The van der Waals surface area contributed by atoms with Gasteiger partial charge in [0.2, 0.25) is 0 Å². The number of ether oxygens (including phenoxy) is 1. The first-order chi connectivity index (χ1) is 9.56. The van der Waals surface area contributed by atoms with Crippen molar-refractivity contribution in [2.45, 2.75) is 20.0 Å². The molecule has 2 aromatic rings. The van der Waals surface area contributed by atoms with E-state index < -0.39 is 0 Å². The fraction of sp³-hybridized carbons (Fsp3) is 0.200. The number of nitrogens with two attached hydrogens (primary N) is 1. The van der Waals surface area contributed by atoms with Gasteiger partial charge in [0, 0.05) is 0 Å².